The highest BCUT2D eigenvalue weighted by atomic mass is 32.1. The maximum absolute atomic E-state index is 12.2. The maximum Gasteiger partial charge on any atom is 0.341 e. The first-order valence-electron chi connectivity index (χ1n) is 8.92. The van der Waals surface area contributed by atoms with Crippen molar-refractivity contribution in [2.75, 3.05) is 12.4 Å². The van der Waals surface area contributed by atoms with Crippen LogP contribution in [0.2, 0.25) is 0 Å². The van der Waals surface area contributed by atoms with Crippen molar-refractivity contribution < 1.29 is 9.53 Å². The number of carbonyl (C=O) groups excluding carboxylic acids is 1. The lowest BCUT2D eigenvalue weighted by atomic mass is 10.1. The summed E-state index contributed by atoms with van der Waals surface area (Å²) in [7, 11) is 1.42. The van der Waals surface area contributed by atoms with Gasteiger partial charge in [0.1, 0.15) is 5.00 Å². The molecule has 6 heteroatoms. The van der Waals surface area contributed by atoms with E-state index in [9.17, 15) is 4.79 Å². The number of hydrogen-bond acceptors (Lipinski definition) is 4. The summed E-state index contributed by atoms with van der Waals surface area (Å²) in [5.41, 5.74) is 3.11. The van der Waals surface area contributed by atoms with Gasteiger partial charge in [-0.15, -0.1) is 11.3 Å². The molecule has 138 valence electrons. The summed E-state index contributed by atoms with van der Waals surface area (Å²) in [6, 6.07) is 10.7. The third kappa shape index (κ3) is 4.43. The zero-order chi connectivity index (χ0) is 18.5. The molecule has 0 fully saturated rings. The molecule has 0 saturated carbocycles. The Hall–Kier alpha value is -1.92. The molecule has 1 aromatic heterocycles. The molecular weight excluding hydrogens is 364 g/mol. The number of thiophene rings is 1. The molecule has 2 aromatic rings. The van der Waals surface area contributed by atoms with Crippen molar-refractivity contribution in [1.29, 1.82) is 0 Å². The van der Waals surface area contributed by atoms with Crippen LogP contribution in [0.4, 0.5) is 5.00 Å². The van der Waals surface area contributed by atoms with Gasteiger partial charge in [0.05, 0.1) is 12.7 Å². The Labute approximate surface area is 164 Å². The quantitative estimate of drug-likeness (QED) is 0.570. The zero-order valence-corrected chi connectivity index (χ0v) is 16.8. The molecule has 1 heterocycles. The highest BCUT2D eigenvalue weighted by Crippen LogP contribution is 2.39. The zero-order valence-electron chi connectivity index (χ0n) is 15.1. The van der Waals surface area contributed by atoms with Crippen molar-refractivity contribution >= 4 is 39.6 Å². The topological polar surface area (TPSA) is 50.4 Å². The van der Waals surface area contributed by atoms with Crippen molar-refractivity contribution in [3.05, 3.63) is 51.9 Å². The van der Waals surface area contributed by atoms with Crippen LogP contribution in [0.25, 0.3) is 0 Å². The minimum absolute atomic E-state index is 0.239. The van der Waals surface area contributed by atoms with E-state index in [2.05, 4.69) is 41.8 Å². The van der Waals surface area contributed by atoms with Crippen LogP contribution in [0.3, 0.4) is 0 Å². The number of hydrogen-bond donors (Lipinski definition) is 2. The summed E-state index contributed by atoms with van der Waals surface area (Å²) in [6.45, 7) is 2.12. The van der Waals surface area contributed by atoms with Gasteiger partial charge < -0.3 is 15.4 Å². The van der Waals surface area contributed by atoms with Gasteiger partial charge in [-0.05, 0) is 62.4 Å². The first-order valence-corrected chi connectivity index (χ1v) is 10.1. The van der Waals surface area contributed by atoms with Gasteiger partial charge in [-0.25, -0.2) is 4.79 Å². The van der Waals surface area contributed by atoms with E-state index in [1.54, 1.807) is 11.3 Å². The van der Waals surface area contributed by atoms with Crippen LogP contribution < -0.4 is 10.6 Å². The Morgan fingerprint density at radius 2 is 2.08 bits per heavy atom. The van der Waals surface area contributed by atoms with Crippen molar-refractivity contribution in [3.8, 4) is 0 Å². The van der Waals surface area contributed by atoms with Gasteiger partial charge in [-0.3, -0.25) is 0 Å². The van der Waals surface area contributed by atoms with Crippen LogP contribution in [0.5, 0.6) is 0 Å². The summed E-state index contributed by atoms with van der Waals surface area (Å²) in [4.78, 5) is 13.5. The van der Waals surface area contributed by atoms with Gasteiger partial charge in [-0.2, -0.15) is 0 Å². The monoisotopic (exact) mass is 388 g/mol. The van der Waals surface area contributed by atoms with E-state index in [0.717, 1.165) is 42.7 Å². The smallest absolute Gasteiger partial charge is 0.341 e. The van der Waals surface area contributed by atoms with E-state index < -0.39 is 0 Å². The summed E-state index contributed by atoms with van der Waals surface area (Å²) in [5, 5.41) is 7.90. The van der Waals surface area contributed by atoms with E-state index in [1.165, 1.54) is 17.6 Å². The maximum atomic E-state index is 12.2. The number of methoxy groups -OCH3 is 1. The predicted molar refractivity (Wildman–Crippen MR) is 111 cm³/mol. The van der Waals surface area contributed by atoms with Gasteiger partial charge in [0.15, 0.2) is 5.11 Å². The minimum Gasteiger partial charge on any atom is -0.465 e. The SMILES string of the molecule is COC(=O)c1c(NC(=S)NC(C)CCc2ccccc2)sc2c1CCC2. The van der Waals surface area contributed by atoms with Crippen LogP contribution >= 0.6 is 23.6 Å². The third-order valence-electron chi connectivity index (χ3n) is 4.62. The lowest BCUT2D eigenvalue weighted by molar-refractivity contribution is 0.0601. The third-order valence-corrected chi connectivity index (χ3v) is 6.05. The number of rotatable bonds is 6. The average Bonchev–Trinajstić information content (AvgIpc) is 3.20. The second-order valence-corrected chi connectivity index (χ2v) is 8.09. The second kappa shape index (κ2) is 8.64. The molecule has 1 aliphatic rings. The highest BCUT2D eigenvalue weighted by molar-refractivity contribution is 7.80. The van der Waals surface area contributed by atoms with Crippen LogP contribution in [0.1, 0.15) is 46.1 Å². The summed E-state index contributed by atoms with van der Waals surface area (Å²) >= 11 is 7.08. The number of aryl methyl sites for hydroxylation is 2. The Kier molecular flexibility index (Phi) is 6.27. The fourth-order valence-corrected chi connectivity index (χ4v) is 4.92. The highest BCUT2D eigenvalue weighted by Gasteiger charge is 2.27. The number of esters is 1. The van der Waals surface area contributed by atoms with E-state index in [4.69, 9.17) is 17.0 Å². The van der Waals surface area contributed by atoms with Crippen LogP contribution in [-0.4, -0.2) is 24.2 Å². The Bertz CT molecular complexity index is 787. The fraction of sp³-hybridized carbons (Fsp3) is 0.400. The molecule has 0 radical (unpaired) electrons. The normalized spacial score (nSPS) is 13.8. The number of benzene rings is 1. The molecule has 2 N–H and O–H groups in total. The lowest BCUT2D eigenvalue weighted by Crippen LogP contribution is -2.36. The first kappa shape index (κ1) is 18.9. The number of ether oxygens (including phenoxy) is 1. The van der Waals surface area contributed by atoms with Crippen LogP contribution in [-0.2, 0) is 24.0 Å². The number of thiocarbonyl (C=S) groups is 1. The molecule has 1 unspecified atom stereocenters. The molecule has 1 aliphatic carbocycles. The average molecular weight is 389 g/mol. The number of anilines is 1. The van der Waals surface area contributed by atoms with Gasteiger partial charge in [0.2, 0.25) is 0 Å². The number of nitrogens with one attached hydrogen (secondary N) is 2. The van der Waals surface area contributed by atoms with Gasteiger partial charge in [0.25, 0.3) is 0 Å². The summed E-state index contributed by atoms with van der Waals surface area (Å²) in [5.74, 6) is -0.285. The van der Waals surface area contributed by atoms with E-state index in [0.29, 0.717) is 10.7 Å². The first-order chi connectivity index (χ1) is 12.6. The van der Waals surface area contributed by atoms with Crippen LogP contribution in [0.15, 0.2) is 30.3 Å². The van der Waals surface area contributed by atoms with Gasteiger partial charge in [-0.1, -0.05) is 30.3 Å². The van der Waals surface area contributed by atoms with Gasteiger partial charge >= 0.3 is 5.97 Å². The van der Waals surface area contributed by atoms with Crippen molar-refractivity contribution in [2.45, 2.75) is 45.1 Å². The molecule has 26 heavy (non-hydrogen) atoms. The standard InChI is InChI=1S/C20H24N2O2S2/c1-13(11-12-14-7-4-3-5-8-14)21-20(25)22-18-17(19(23)24-2)15-9-6-10-16(15)26-18/h3-5,7-8,13H,6,9-12H2,1-2H3,(H2,21,22,25). The molecule has 1 aromatic carbocycles. The second-order valence-electron chi connectivity index (χ2n) is 6.58. The molecule has 0 bridgehead atoms. The number of fused-ring (bicyclic) bond motifs is 1. The van der Waals surface area contributed by atoms with Gasteiger partial charge in [0, 0.05) is 10.9 Å². The molecule has 1 atom stereocenters. The molecule has 0 spiro atoms. The lowest BCUT2D eigenvalue weighted by Gasteiger charge is -2.17. The molecule has 0 saturated heterocycles. The summed E-state index contributed by atoms with van der Waals surface area (Å²) in [6.07, 6.45) is 5.05. The number of carbonyl (C=O) groups is 1. The minimum atomic E-state index is -0.285. The Morgan fingerprint density at radius 3 is 2.81 bits per heavy atom. The molecule has 3 rings (SSSR count). The Morgan fingerprint density at radius 1 is 1.31 bits per heavy atom. The van der Waals surface area contributed by atoms with E-state index >= 15 is 0 Å². The molecule has 0 amide bonds. The predicted octanol–water partition coefficient (Wildman–Crippen LogP) is 4.33. The van der Waals surface area contributed by atoms with Crippen LogP contribution in [0, 0.1) is 0 Å². The fourth-order valence-electron chi connectivity index (χ4n) is 3.27. The Balaban J connectivity index is 1.59. The molecule has 4 nitrogen and oxygen atoms in total. The van der Waals surface area contributed by atoms with E-state index in [1.807, 2.05) is 6.07 Å². The van der Waals surface area contributed by atoms with Crippen molar-refractivity contribution in [3.63, 3.8) is 0 Å². The van der Waals surface area contributed by atoms with Crippen molar-refractivity contribution in [1.82, 2.24) is 5.32 Å². The largest absolute Gasteiger partial charge is 0.465 e. The molecule has 0 aliphatic heterocycles. The molecular formula is C20H24N2O2S2. The summed E-state index contributed by atoms with van der Waals surface area (Å²) < 4.78 is 4.97. The van der Waals surface area contributed by atoms with E-state index in [-0.39, 0.29) is 12.0 Å². The van der Waals surface area contributed by atoms with Crippen molar-refractivity contribution in [2.24, 2.45) is 0 Å².